The van der Waals surface area contributed by atoms with Crippen LogP contribution in [0.25, 0.3) is 0 Å². The summed E-state index contributed by atoms with van der Waals surface area (Å²) in [5, 5.41) is 22.6. The summed E-state index contributed by atoms with van der Waals surface area (Å²) >= 11 is 0. The molecule has 27 heavy (non-hydrogen) atoms. The lowest BCUT2D eigenvalue weighted by molar-refractivity contribution is 0.102. The number of nitrogens with two attached hydrogens (primary N) is 1. The second-order valence-electron chi connectivity index (χ2n) is 5.20. The van der Waals surface area contributed by atoms with Gasteiger partial charge in [0.2, 0.25) is 5.71 Å². The summed E-state index contributed by atoms with van der Waals surface area (Å²) in [5.41, 5.74) is 8.83. The van der Waals surface area contributed by atoms with Gasteiger partial charge in [-0.25, -0.2) is 0 Å². The third-order valence-corrected chi connectivity index (χ3v) is 3.44. The van der Waals surface area contributed by atoms with Gasteiger partial charge in [0.05, 0.1) is 25.6 Å². The number of methoxy groups -OCH3 is 2. The number of hydrogen-bond acceptors (Lipinski definition) is 7. The highest BCUT2D eigenvalue weighted by Gasteiger charge is 2.12. The van der Waals surface area contributed by atoms with Crippen LogP contribution in [0.5, 0.6) is 11.5 Å². The van der Waals surface area contributed by atoms with E-state index in [1.807, 2.05) is 0 Å². The Hall–Kier alpha value is -4.06. The van der Waals surface area contributed by atoms with Crippen LogP contribution in [0, 0.1) is 16.7 Å². The Morgan fingerprint density at radius 3 is 2.63 bits per heavy atom. The molecule has 0 fully saturated rings. The monoisotopic (exact) mass is 366 g/mol. The van der Waals surface area contributed by atoms with Gasteiger partial charge < -0.3 is 20.5 Å². The van der Waals surface area contributed by atoms with E-state index in [-0.39, 0.29) is 11.6 Å². The van der Waals surface area contributed by atoms with Crippen LogP contribution in [0.2, 0.25) is 0 Å². The van der Waals surface area contributed by atoms with Gasteiger partial charge in [-0.3, -0.25) is 15.6 Å². The molecule has 9 nitrogen and oxygen atoms in total. The van der Waals surface area contributed by atoms with E-state index in [9.17, 15) is 4.79 Å². The van der Waals surface area contributed by atoms with Crippen molar-refractivity contribution in [2.75, 3.05) is 25.0 Å². The van der Waals surface area contributed by atoms with E-state index in [2.05, 4.69) is 15.8 Å². The van der Waals surface area contributed by atoms with Crippen LogP contribution < -0.4 is 25.9 Å². The van der Waals surface area contributed by atoms with Crippen LogP contribution in [-0.2, 0) is 0 Å². The van der Waals surface area contributed by atoms with E-state index in [0.29, 0.717) is 28.4 Å². The predicted octanol–water partition coefficient (Wildman–Crippen LogP) is 2.18. The number of hydrogen-bond donors (Lipinski definition) is 4. The number of benzene rings is 2. The molecule has 2 aromatic rings. The van der Waals surface area contributed by atoms with Gasteiger partial charge in [0.1, 0.15) is 17.6 Å². The molecule has 0 saturated carbocycles. The molecule has 0 radical (unpaired) electrons. The van der Waals surface area contributed by atoms with Crippen molar-refractivity contribution < 1.29 is 14.3 Å². The fraction of sp³-hybridized carbons (Fsp3) is 0.111. The zero-order valence-electron chi connectivity index (χ0n) is 14.7. The maximum atomic E-state index is 12.6. The van der Waals surface area contributed by atoms with Crippen LogP contribution in [0.3, 0.4) is 0 Å². The fourth-order valence-corrected chi connectivity index (χ4v) is 2.10. The topological polar surface area (TPSA) is 146 Å². The van der Waals surface area contributed by atoms with Crippen molar-refractivity contribution in [3.63, 3.8) is 0 Å². The summed E-state index contributed by atoms with van der Waals surface area (Å²) in [5.74, 6) is 0.234. The zero-order chi connectivity index (χ0) is 19.8. The molecule has 138 valence electrons. The molecule has 0 saturated heterocycles. The second kappa shape index (κ2) is 8.87. The largest absolute Gasteiger partial charge is 0.497 e. The van der Waals surface area contributed by atoms with E-state index < -0.39 is 5.84 Å². The lowest BCUT2D eigenvalue weighted by Gasteiger charge is -2.12. The van der Waals surface area contributed by atoms with Crippen molar-refractivity contribution in [2.24, 2.45) is 10.8 Å². The van der Waals surface area contributed by atoms with E-state index in [1.165, 1.54) is 14.2 Å². The number of hydrazone groups is 1. The van der Waals surface area contributed by atoms with E-state index in [0.717, 1.165) is 0 Å². The standard InChI is InChI=1S/C18H18N6O3/c1-26-13-6-7-16(27-2)14(9-13)22-18(25)11-4-3-5-12(8-11)23-24-15(10-19)17(20)21/h3-9,23H,1-2H3,(H3,20,21)(H,22,25)/b24-15+. The fourth-order valence-electron chi connectivity index (χ4n) is 2.10. The molecule has 0 bridgehead atoms. The van der Waals surface area contributed by atoms with Crippen molar-refractivity contribution in [1.82, 2.24) is 0 Å². The van der Waals surface area contributed by atoms with Crippen LogP contribution in [0.4, 0.5) is 11.4 Å². The Labute approximate surface area is 155 Å². The third kappa shape index (κ3) is 4.96. The minimum absolute atomic E-state index is 0.258. The van der Waals surface area contributed by atoms with Gasteiger partial charge in [-0.05, 0) is 30.3 Å². The first kappa shape index (κ1) is 19.3. The Bertz CT molecular complexity index is 933. The molecule has 0 aliphatic carbocycles. The molecule has 1 amide bonds. The smallest absolute Gasteiger partial charge is 0.255 e. The molecular formula is C18H18N6O3. The van der Waals surface area contributed by atoms with Crippen LogP contribution in [-0.4, -0.2) is 31.7 Å². The first-order chi connectivity index (χ1) is 13.0. The number of carbonyl (C=O) groups is 1. The van der Waals surface area contributed by atoms with E-state index >= 15 is 0 Å². The van der Waals surface area contributed by atoms with Crippen LogP contribution in [0.1, 0.15) is 10.4 Å². The molecule has 0 aliphatic heterocycles. The van der Waals surface area contributed by atoms with Gasteiger partial charge in [0, 0.05) is 11.6 Å². The highest BCUT2D eigenvalue weighted by molar-refractivity contribution is 6.45. The number of ether oxygens (including phenoxy) is 2. The van der Waals surface area contributed by atoms with Crippen LogP contribution in [0.15, 0.2) is 47.6 Å². The predicted molar refractivity (Wildman–Crippen MR) is 103 cm³/mol. The molecule has 2 rings (SSSR count). The van der Waals surface area contributed by atoms with Gasteiger partial charge in [-0.1, -0.05) is 6.07 Å². The summed E-state index contributed by atoms with van der Waals surface area (Å²) in [7, 11) is 3.03. The van der Waals surface area contributed by atoms with Gasteiger partial charge in [0.15, 0.2) is 5.84 Å². The van der Waals surface area contributed by atoms with Crippen molar-refractivity contribution in [2.45, 2.75) is 0 Å². The number of rotatable bonds is 7. The number of amides is 1. The summed E-state index contributed by atoms with van der Waals surface area (Å²) < 4.78 is 10.4. The maximum absolute atomic E-state index is 12.6. The number of anilines is 2. The lowest BCUT2D eigenvalue weighted by Crippen LogP contribution is -2.21. The lowest BCUT2D eigenvalue weighted by atomic mass is 10.2. The van der Waals surface area contributed by atoms with Crippen molar-refractivity contribution >= 4 is 28.8 Å². The zero-order valence-corrected chi connectivity index (χ0v) is 14.7. The molecule has 0 aliphatic rings. The average molecular weight is 366 g/mol. The molecule has 9 heteroatoms. The maximum Gasteiger partial charge on any atom is 0.255 e. The van der Waals surface area contributed by atoms with Crippen LogP contribution >= 0.6 is 0 Å². The number of nitriles is 1. The van der Waals surface area contributed by atoms with Crippen molar-refractivity contribution in [1.29, 1.82) is 10.7 Å². The summed E-state index contributed by atoms with van der Waals surface area (Å²) in [4.78, 5) is 12.6. The van der Waals surface area contributed by atoms with Crippen molar-refractivity contribution in [3.8, 4) is 17.6 Å². The molecule has 0 unspecified atom stereocenters. The van der Waals surface area contributed by atoms with Gasteiger partial charge >= 0.3 is 0 Å². The van der Waals surface area contributed by atoms with Gasteiger partial charge in [-0.2, -0.15) is 10.4 Å². The van der Waals surface area contributed by atoms with Gasteiger partial charge in [0.25, 0.3) is 5.91 Å². The highest BCUT2D eigenvalue weighted by Crippen LogP contribution is 2.29. The number of carbonyl (C=O) groups excluding carboxylic acids is 1. The quantitative estimate of drug-likeness (QED) is 0.336. The summed E-state index contributed by atoms with van der Waals surface area (Å²) in [6.45, 7) is 0. The van der Waals surface area contributed by atoms with E-state index in [4.69, 9.17) is 25.9 Å². The SMILES string of the molecule is COc1ccc(OC)c(NC(=O)c2cccc(N/N=C(\C#N)C(=N)N)c2)c1. The molecule has 0 heterocycles. The van der Waals surface area contributed by atoms with Crippen molar-refractivity contribution in [3.05, 3.63) is 48.0 Å². The first-order valence-electron chi connectivity index (χ1n) is 7.70. The Morgan fingerprint density at radius 1 is 1.22 bits per heavy atom. The molecule has 0 aromatic heterocycles. The Kier molecular flexibility index (Phi) is 6.33. The first-order valence-corrected chi connectivity index (χ1v) is 7.70. The second-order valence-corrected chi connectivity index (χ2v) is 5.20. The normalized spacial score (nSPS) is 10.5. The van der Waals surface area contributed by atoms with E-state index in [1.54, 1.807) is 48.5 Å². The molecular weight excluding hydrogens is 348 g/mol. The number of nitrogens with zero attached hydrogens (tertiary/aromatic N) is 2. The molecule has 5 N–H and O–H groups in total. The minimum atomic E-state index is -0.455. The molecule has 2 aromatic carbocycles. The molecule has 0 spiro atoms. The molecule has 0 atom stereocenters. The van der Waals surface area contributed by atoms with Gasteiger partial charge in [-0.15, -0.1) is 0 Å². The Balaban J connectivity index is 2.21. The average Bonchev–Trinajstić information content (AvgIpc) is 2.68. The Morgan fingerprint density at radius 2 is 2.00 bits per heavy atom. The minimum Gasteiger partial charge on any atom is -0.497 e. The highest BCUT2D eigenvalue weighted by atomic mass is 16.5. The third-order valence-electron chi connectivity index (χ3n) is 3.44. The summed E-state index contributed by atoms with van der Waals surface area (Å²) in [6, 6.07) is 13.2. The number of amidine groups is 1. The summed E-state index contributed by atoms with van der Waals surface area (Å²) in [6.07, 6.45) is 0. The number of nitrogens with one attached hydrogen (secondary N) is 3.